The predicted octanol–water partition coefficient (Wildman–Crippen LogP) is 3.74. The van der Waals surface area contributed by atoms with Crippen LogP contribution in [0.4, 0.5) is 0 Å². The molecule has 0 aromatic carbocycles. The van der Waals surface area contributed by atoms with Crippen LogP contribution in [0, 0.1) is 5.92 Å². The Hall–Kier alpha value is -0.0513. The maximum absolute atomic E-state index is 11.2. The van der Waals surface area contributed by atoms with Gasteiger partial charge in [0.25, 0.3) is 0 Å². The fraction of sp³-hybridized carbons (Fsp3) is 0.615. The van der Waals surface area contributed by atoms with Crippen molar-refractivity contribution in [1.29, 1.82) is 0 Å². The number of carbonyl (C=O) groups is 1. The van der Waals surface area contributed by atoms with Crippen molar-refractivity contribution in [3.8, 4) is 0 Å². The Kier molecular flexibility index (Phi) is 4.21. The first-order chi connectivity index (χ1) is 6.80. The number of ketones is 1. The van der Waals surface area contributed by atoms with E-state index in [0.29, 0.717) is 11.7 Å². The summed E-state index contributed by atoms with van der Waals surface area (Å²) in [5.41, 5.74) is 1.27. The van der Waals surface area contributed by atoms with Gasteiger partial charge in [0.15, 0.2) is 0 Å². The molecule has 1 rings (SSSR count). The molecule has 0 amide bonds. The van der Waals surface area contributed by atoms with Gasteiger partial charge in [0.05, 0.1) is 0 Å². The van der Waals surface area contributed by atoms with Crippen LogP contribution in [0.15, 0.2) is 21.3 Å². The normalized spacial score (nSPS) is 23.3. The van der Waals surface area contributed by atoms with Crippen LogP contribution in [0.1, 0.15) is 26.7 Å². The molecular weight excluding hydrogens is 291 g/mol. The Morgan fingerprint density at radius 2 is 2.13 bits per heavy atom. The zero-order valence-electron chi connectivity index (χ0n) is 10.6. The van der Waals surface area contributed by atoms with E-state index in [4.69, 9.17) is 0 Å². The van der Waals surface area contributed by atoms with Crippen molar-refractivity contribution < 1.29 is 4.79 Å². The molecule has 0 spiro atoms. The third-order valence-electron chi connectivity index (χ3n) is 3.37. The average Bonchev–Trinajstić information content (AvgIpc) is 2.39. The summed E-state index contributed by atoms with van der Waals surface area (Å²) in [7, 11) is 0. The Balaban J connectivity index is 2.59. The molecule has 0 fully saturated rings. The van der Waals surface area contributed by atoms with Crippen LogP contribution < -0.4 is 0 Å². The molecule has 0 aromatic heterocycles. The van der Waals surface area contributed by atoms with Gasteiger partial charge in [0.2, 0.25) is 0 Å². The van der Waals surface area contributed by atoms with E-state index in [1.165, 1.54) is 5.57 Å². The number of allylic oxidation sites excluding steroid dienone is 4. The van der Waals surface area contributed by atoms with Crippen molar-refractivity contribution in [2.24, 2.45) is 5.92 Å². The van der Waals surface area contributed by atoms with Gasteiger partial charge < -0.3 is 0 Å². The molecule has 15 heavy (non-hydrogen) atoms. The molecule has 2 heteroatoms. The summed E-state index contributed by atoms with van der Waals surface area (Å²) >= 11 is -1.81. The molecule has 0 heterocycles. The summed E-state index contributed by atoms with van der Waals surface area (Å²) < 4.78 is 1.62. The Morgan fingerprint density at radius 3 is 2.53 bits per heavy atom. The van der Waals surface area contributed by atoms with Crippen LogP contribution in [0.2, 0.25) is 14.8 Å². The van der Waals surface area contributed by atoms with E-state index in [-0.39, 0.29) is 0 Å². The molecule has 0 bridgehead atoms. The molecule has 0 saturated heterocycles. The van der Waals surface area contributed by atoms with E-state index in [9.17, 15) is 4.79 Å². The zero-order valence-corrected chi connectivity index (χ0v) is 13.4. The molecular formula is C13H22OSn. The Labute approximate surface area is 97.5 Å². The van der Waals surface area contributed by atoms with E-state index in [0.717, 1.165) is 12.8 Å². The van der Waals surface area contributed by atoms with Gasteiger partial charge in [-0.15, -0.1) is 0 Å². The first-order valence-electron chi connectivity index (χ1n) is 5.69. The predicted molar refractivity (Wildman–Crippen MR) is 68.6 cm³/mol. The van der Waals surface area contributed by atoms with Gasteiger partial charge >= 0.3 is 97.7 Å². The van der Waals surface area contributed by atoms with Crippen molar-refractivity contribution in [3.63, 3.8) is 0 Å². The van der Waals surface area contributed by atoms with Crippen LogP contribution >= 0.6 is 0 Å². The van der Waals surface area contributed by atoms with Gasteiger partial charge in [-0.3, -0.25) is 0 Å². The third-order valence-corrected chi connectivity index (χ3v) is 10.7. The molecule has 0 N–H and O–H groups in total. The second kappa shape index (κ2) is 4.85. The minimum absolute atomic E-state index is 0.308. The summed E-state index contributed by atoms with van der Waals surface area (Å²) in [6, 6.07) is 0. The number of hydrogen-bond donors (Lipinski definition) is 0. The van der Waals surface area contributed by atoms with Gasteiger partial charge in [-0.1, -0.05) is 0 Å². The fourth-order valence-corrected chi connectivity index (χ4v) is 3.81. The SMILES string of the molecule is CC1=CC(=O)CC1C/C=[C](\C)[Sn]([CH3])([CH3])[CH3]. The van der Waals surface area contributed by atoms with Crippen LogP contribution in [0.3, 0.4) is 0 Å². The maximum atomic E-state index is 11.2. The van der Waals surface area contributed by atoms with Crippen LogP contribution in [0.25, 0.3) is 0 Å². The van der Waals surface area contributed by atoms with E-state index in [1.54, 1.807) is 3.59 Å². The summed E-state index contributed by atoms with van der Waals surface area (Å²) in [6.07, 6.45) is 5.99. The van der Waals surface area contributed by atoms with Crippen molar-refractivity contribution in [2.75, 3.05) is 0 Å². The molecule has 0 aliphatic heterocycles. The molecule has 0 aromatic rings. The van der Waals surface area contributed by atoms with Crippen LogP contribution in [-0.2, 0) is 4.79 Å². The van der Waals surface area contributed by atoms with Crippen LogP contribution in [-0.4, -0.2) is 24.2 Å². The zero-order chi connectivity index (χ0) is 11.6. The second-order valence-corrected chi connectivity index (χ2v) is 20.7. The summed E-state index contributed by atoms with van der Waals surface area (Å²) in [5, 5.41) is 0. The molecule has 1 unspecified atom stereocenters. The first-order valence-corrected chi connectivity index (χ1v) is 15.7. The summed E-state index contributed by atoms with van der Waals surface area (Å²) in [6.45, 7) is 4.35. The molecule has 84 valence electrons. The summed E-state index contributed by atoms with van der Waals surface area (Å²) in [4.78, 5) is 18.5. The van der Waals surface area contributed by atoms with E-state index >= 15 is 0 Å². The van der Waals surface area contributed by atoms with Crippen molar-refractivity contribution in [1.82, 2.24) is 0 Å². The number of rotatable bonds is 3. The molecule has 1 atom stereocenters. The van der Waals surface area contributed by atoms with E-state index < -0.39 is 18.4 Å². The number of carbonyl (C=O) groups excluding carboxylic acids is 1. The Bertz CT molecular complexity index is 318. The first kappa shape index (κ1) is 13.0. The van der Waals surface area contributed by atoms with Crippen molar-refractivity contribution in [2.45, 2.75) is 41.5 Å². The van der Waals surface area contributed by atoms with Crippen molar-refractivity contribution in [3.05, 3.63) is 21.3 Å². The molecule has 1 nitrogen and oxygen atoms in total. The van der Waals surface area contributed by atoms with Gasteiger partial charge in [0.1, 0.15) is 0 Å². The third kappa shape index (κ3) is 3.78. The molecule has 0 radical (unpaired) electrons. The Morgan fingerprint density at radius 1 is 1.53 bits per heavy atom. The summed E-state index contributed by atoms with van der Waals surface area (Å²) in [5.74, 6) is 0.795. The second-order valence-electron chi connectivity index (χ2n) is 5.63. The molecule has 1 aliphatic carbocycles. The quantitative estimate of drug-likeness (QED) is 0.726. The fourth-order valence-electron chi connectivity index (χ4n) is 1.73. The van der Waals surface area contributed by atoms with Gasteiger partial charge in [-0.25, -0.2) is 0 Å². The molecule has 1 aliphatic rings. The molecule has 0 saturated carbocycles. The number of hydrogen-bond acceptors (Lipinski definition) is 1. The average molecular weight is 313 g/mol. The van der Waals surface area contributed by atoms with E-state index in [1.807, 2.05) is 6.08 Å². The van der Waals surface area contributed by atoms with Crippen LogP contribution in [0.5, 0.6) is 0 Å². The van der Waals surface area contributed by atoms with Crippen molar-refractivity contribution >= 4 is 24.2 Å². The van der Waals surface area contributed by atoms with Gasteiger partial charge in [0, 0.05) is 0 Å². The van der Waals surface area contributed by atoms with Gasteiger partial charge in [-0.2, -0.15) is 0 Å². The standard InChI is InChI=1S/C10H13O.3CH3.Sn/c1-3-4-5-9-7-10(11)6-8(9)2;;;;/h4,6,9H,5,7H2,1-2H3;3*1H3;. The topological polar surface area (TPSA) is 17.1 Å². The monoisotopic (exact) mass is 314 g/mol. The van der Waals surface area contributed by atoms with E-state index in [2.05, 4.69) is 34.7 Å². The minimum atomic E-state index is -1.81. The van der Waals surface area contributed by atoms with Gasteiger partial charge in [-0.05, 0) is 0 Å².